The summed E-state index contributed by atoms with van der Waals surface area (Å²) in [5, 5.41) is 6.44. The second-order valence-electron chi connectivity index (χ2n) is 2.41. The second-order valence-corrected chi connectivity index (χ2v) is 3.73. The van der Waals surface area contributed by atoms with Gasteiger partial charge < -0.3 is 10.6 Å². The van der Waals surface area contributed by atoms with Gasteiger partial charge >= 0.3 is 10.3 Å². The summed E-state index contributed by atoms with van der Waals surface area (Å²) in [6.45, 7) is 4.56. The maximum atomic E-state index is 9.69. The van der Waals surface area contributed by atoms with Gasteiger partial charge in [-0.25, -0.2) is 5.84 Å². The van der Waals surface area contributed by atoms with E-state index in [2.05, 4.69) is 16.5 Å². The number of nitrogens with zero attached hydrogens (tertiary/aromatic N) is 1. The molecule has 1 saturated heterocycles. The first-order valence-electron chi connectivity index (χ1n) is 3.86. The van der Waals surface area contributed by atoms with E-state index in [9.17, 15) is 13.2 Å². The second kappa shape index (κ2) is 6.68. The van der Waals surface area contributed by atoms with Gasteiger partial charge in [0.2, 0.25) is 6.41 Å². The third-order valence-corrected chi connectivity index (χ3v) is 1.95. The first kappa shape index (κ1) is 13.3. The maximum Gasteiger partial charge on any atom is 0.375 e. The molecule has 0 spiro atoms. The van der Waals surface area contributed by atoms with Crippen molar-refractivity contribution < 1.29 is 17.8 Å². The number of hydrogen-bond donors (Lipinski definition) is 4. The number of rotatable bonds is 2. The van der Waals surface area contributed by atoms with Crippen LogP contribution in [0, 0.1) is 0 Å². The van der Waals surface area contributed by atoms with E-state index in [4.69, 9.17) is 4.55 Å². The van der Waals surface area contributed by atoms with Gasteiger partial charge in [-0.3, -0.25) is 9.35 Å². The molecule has 1 fully saturated rings. The van der Waals surface area contributed by atoms with Crippen LogP contribution in [0.15, 0.2) is 0 Å². The molecule has 0 aliphatic carbocycles. The molecule has 0 aromatic carbocycles. The number of nitrogens with one attached hydrogen (secondary N) is 2. The number of carbonyl (C=O) groups excluding carboxylic acids is 1. The van der Waals surface area contributed by atoms with Crippen molar-refractivity contribution in [2.75, 3.05) is 26.2 Å². The minimum atomic E-state index is -4.51. The van der Waals surface area contributed by atoms with Crippen molar-refractivity contribution in [2.24, 2.45) is 5.84 Å². The van der Waals surface area contributed by atoms with Crippen molar-refractivity contribution in [3.8, 4) is 0 Å². The van der Waals surface area contributed by atoms with Crippen LogP contribution in [0.25, 0.3) is 0 Å². The Morgan fingerprint density at radius 3 is 1.64 bits per heavy atom. The Kier molecular flexibility index (Phi) is 6.32. The van der Waals surface area contributed by atoms with Gasteiger partial charge in [-0.05, 0) is 0 Å². The molecular weight excluding hydrogens is 212 g/mol. The molecule has 0 bridgehead atoms. The van der Waals surface area contributed by atoms with Crippen molar-refractivity contribution in [1.82, 2.24) is 15.0 Å². The summed E-state index contributed by atoms with van der Waals surface area (Å²) in [6.07, 6.45) is -0.227. The monoisotopic (exact) mass is 226 g/mol. The lowest BCUT2D eigenvalue weighted by Crippen LogP contribution is -2.39. The van der Waals surface area contributed by atoms with Crippen LogP contribution < -0.4 is 16.5 Å². The summed E-state index contributed by atoms with van der Waals surface area (Å²) in [5.74, 6) is 4.38. The van der Waals surface area contributed by atoms with Gasteiger partial charge in [-0.1, -0.05) is 0 Å². The molecule has 1 amide bonds. The lowest BCUT2D eigenvalue weighted by Gasteiger charge is -2.11. The van der Waals surface area contributed by atoms with E-state index in [1.165, 1.54) is 0 Å². The van der Waals surface area contributed by atoms with Crippen LogP contribution >= 0.6 is 0 Å². The summed E-state index contributed by atoms with van der Waals surface area (Å²) in [5.41, 5.74) is 0. The lowest BCUT2D eigenvalue weighted by molar-refractivity contribution is -0.114. The molecule has 1 rings (SSSR count). The van der Waals surface area contributed by atoms with Gasteiger partial charge in [0.1, 0.15) is 0 Å². The van der Waals surface area contributed by atoms with E-state index < -0.39 is 10.3 Å². The Morgan fingerprint density at radius 1 is 1.21 bits per heavy atom. The zero-order chi connectivity index (χ0) is 11.0. The molecule has 14 heavy (non-hydrogen) atoms. The Balaban J connectivity index is 0.000000249. The standard InChI is InChI=1S/C4H10N2.CH4N2O4S/c1-2-6-4-3-5-1;2-3(1-4)8(5,6)7/h5-6H,1-4H2;1H,2H2,(H,5,6,7). The third-order valence-electron chi connectivity index (χ3n) is 1.33. The highest BCUT2D eigenvalue weighted by atomic mass is 32.2. The van der Waals surface area contributed by atoms with Crippen molar-refractivity contribution in [3.63, 3.8) is 0 Å². The van der Waals surface area contributed by atoms with Gasteiger partial charge in [0.25, 0.3) is 0 Å². The zero-order valence-corrected chi connectivity index (χ0v) is 8.33. The molecule has 1 aliphatic heterocycles. The predicted octanol–water partition coefficient (Wildman–Crippen LogP) is -2.70. The average molecular weight is 226 g/mol. The Hall–Kier alpha value is -0.740. The molecule has 5 N–H and O–H groups in total. The van der Waals surface area contributed by atoms with E-state index in [0.29, 0.717) is 0 Å². The Morgan fingerprint density at radius 2 is 1.57 bits per heavy atom. The smallest absolute Gasteiger partial charge is 0.314 e. The van der Waals surface area contributed by atoms with Crippen molar-refractivity contribution in [2.45, 2.75) is 0 Å². The van der Waals surface area contributed by atoms with E-state index in [1.54, 1.807) is 0 Å². The highest BCUT2D eigenvalue weighted by Crippen LogP contribution is 1.79. The SMILES string of the molecule is C1CNCCN1.NN(C=O)S(=O)(=O)O. The minimum Gasteiger partial charge on any atom is -0.314 e. The molecule has 1 heterocycles. The topological polar surface area (TPSA) is 125 Å². The van der Waals surface area contributed by atoms with E-state index >= 15 is 0 Å². The van der Waals surface area contributed by atoms with E-state index in [-0.39, 0.29) is 10.8 Å². The van der Waals surface area contributed by atoms with Gasteiger partial charge in [0, 0.05) is 26.2 Å². The fraction of sp³-hybridized carbons (Fsp3) is 0.800. The third kappa shape index (κ3) is 6.74. The van der Waals surface area contributed by atoms with Crippen molar-refractivity contribution >= 4 is 16.7 Å². The van der Waals surface area contributed by atoms with Gasteiger partial charge in [-0.15, -0.1) is 0 Å². The predicted molar refractivity (Wildman–Crippen MR) is 49.4 cm³/mol. The van der Waals surface area contributed by atoms with Crippen LogP contribution in [0.5, 0.6) is 0 Å². The number of amides is 1. The summed E-state index contributed by atoms with van der Waals surface area (Å²) < 4.78 is 26.9. The number of nitrogens with two attached hydrogens (primary N) is 1. The average Bonchev–Trinajstić information content (AvgIpc) is 2.19. The van der Waals surface area contributed by atoms with Crippen LogP contribution in [0.1, 0.15) is 0 Å². The summed E-state index contributed by atoms with van der Waals surface area (Å²) in [6, 6.07) is 0. The van der Waals surface area contributed by atoms with Gasteiger partial charge in [-0.2, -0.15) is 12.8 Å². The Bertz CT molecular complexity index is 239. The van der Waals surface area contributed by atoms with Crippen LogP contribution in [0.2, 0.25) is 0 Å². The molecule has 0 aromatic rings. The fourth-order valence-corrected chi connectivity index (χ4v) is 0.767. The van der Waals surface area contributed by atoms with Crippen LogP contribution in [0.4, 0.5) is 0 Å². The van der Waals surface area contributed by atoms with Crippen LogP contribution in [-0.2, 0) is 15.1 Å². The zero-order valence-electron chi connectivity index (χ0n) is 7.51. The van der Waals surface area contributed by atoms with Gasteiger partial charge in [0.05, 0.1) is 0 Å². The largest absolute Gasteiger partial charge is 0.375 e. The molecule has 8 nitrogen and oxygen atoms in total. The molecular formula is C5H14N4O4S. The van der Waals surface area contributed by atoms with Crippen LogP contribution in [0.3, 0.4) is 0 Å². The minimum absolute atomic E-state index is 0.227. The van der Waals surface area contributed by atoms with E-state index in [1.807, 2.05) is 0 Å². The molecule has 0 unspecified atom stereocenters. The fourth-order valence-electron chi connectivity index (χ4n) is 0.658. The summed E-state index contributed by atoms with van der Waals surface area (Å²) in [4.78, 5) is 9.41. The first-order chi connectivity index (χ1) is 6.48. The van der Waals surface area contributed by atoms with E-state index in [0.717, 1.165) is 26.2 Å². The molecule has 84 valence electrons. The number of carbonyl (C=O) groups is 1. The molecule has 1 aliphatic rings. The van der Waals surface area contributed by atoms with Crippen molar-refractivity contribution in [3.05, 3.63) is 0 Å². The molecule has 0 saturated carbocycles. The summed E-state index contributed by atoms with van der Waals surface area (Å²) >= 11 is 0. The van der Waals surface area contributed by atoms with Crippen molar-refractivity contribution in [1.29, 1.82) is 0 Å². The molecule has 0 atom stereocenters. The molecule has 9 heteroatoms. The first-order valence-corrected chi connectivity index (χ1v) is 5.26. The summed E-state index contributed by atoms with van der Waals surface area (Å²) in [7, 11) is -4.51. The number of hydrazine groups is 1. The molecule has 0 aromatic heterocycles. The number of hydrogen-bond acceptors (Lipinski definition) is 6. The lowest BCUT2D eigenvalue weighted by atomic mass is 10.4. The maximum absolute atomic E-state index is 9.69. The molecule has 0 radical (unpaired) electrons. The van der Waals surface area contributed by atoms with Gasteiger partial charge in [0.15, 0.2) is 0 Å². The Labute approximate surface area is 82.3 Å². The van der Waals surface area contributed by atoms with Crippen LogP contribution in [-0.4, -0.2) is 50.0 Å². The quantitative estimate of drug-likeness (QED) is 0.133. The highest BCUT2D eigenvalue weighted by Gasteiger charge is 2.09. The number of piperazine rings is 1. The normalized spacial score (nSPS) is 16.4. The highest BCUT2D eigenvalue weighted by molar-refractivity contribution is 7.83.